The molecule has 27 heavy (non-hydrogen) atoms. The summed E-state index contributed by atoms with van der Waals surface area (Å²) in [6.07, 6.45) is 3.08. The van der Waals surface area contributed by atoms with Crippen molar-refractivity contribution in [3.05, 3.63) is 42.2 Å². The zero-order valence-electron chi connectivity index (χ0n) is 15.8. The topological polar surface area (TPSA) is 82.6 Å². The molecule has 1 fully saturated rings. The quantitative estimate of drug-likeness (QED) is 0.761. The Labute approximate surface area is 159 Å². The Hall–Kier alpha value is -2.71. The van der Waals surface area contributed by atoms with E-state index in [1.165, 1.54) is 12.4 Å². The number of para-hydroxylation sites is 2. The first-order chi connectivity index (χ1) is 13.1. The van der Waals surface area contributed by atoms with Gasteiger partial charge in [0.15, 0.2) is 0 Å². The predicted molar refractivity (Wildman–Crippen MR) is 106 cm³/mol. The Kier molecular flexibility index (Phi) is 6.56. The molecule has 0 bridgehead atoms. The molecule has 0 aliphatic carbocycles. The van der Waals surface area contributed by atoms with Gasteiger partial charge >= 0.3 is 0 Å². The third-order valence-electron chi connectivity index (χ3n) is 4.26. The van der Waals surface area contributed by atoms with Gasteiger partial charge in [-0.2, -0.15) is 0 Å². The second-order valence-electron chi connectivity index (χ2n) is 6.60. The van der Waals surface area contributed by atoms with Gasteiger partial charge in [0.2, 0.25) is 5.95 Å². The molecule has 144 valence electrons. The number of ether oxygens (including phenoxy) is 1. The molecule has 2 N–H and O–H groups in total. The minimum Gasteiger partial charge on any atom is -0.378 e. The maximum absolute atomic E-state index is 12.1. The minimum atomic E-state index is -0.169. The standard InChI is InChI=1S/C19H26N6O2/c1-24(2)8-7-20-18(26)15-13-21-19(22-14-15)23-16-5-3-4-6-17(16)25-9-11-27-12-10-25/h3-6,13-14H,7-12H2,1-2H3,(H,20,26)(H,21,22,23). The summed E-state index contributed by atoms with van der Waals surface area (Å²) in [5.41, 5.74) is 2.47. The van der Waals surface area contributed by atoms with Crippen LogP contribution in [0, 0.1) is 0 Å². The highest BCUT2D eigenvalue weighted by Crippen LogP contribution is 2.28. The van der Waals surface area contributed by atoms with Gasteiger partial charge in [-0.25, -0.2) is 9.97 Å². The number of hydrogen-bond donors (Lipinski definition) is 2. The van der Waals surface area contributed by atoms with E-state index in [9.17, 15) is 4.79 Å². The molecule has 1 aliphatic heterocycles. The lowest BCUT2D eigenvalue weighted by Gasteiger charge is -2.30. The first-order valence-electron chi connectivity index (χ1n) is 9.07. The summed E-state index contributed by atoms with van der Waals surface area (Å²) in [6, 6.07) is 8.05. The molecule has 0 radical (unpaired) electrons. The number of anilines is 3. The van der Waals surface area contributed by atoms with Gasteiger partial charge in [0, 0.05) is 38.6 Å². The fourth-order valence-electron chi connectivity index (χ4n) is 2.78. The van der Waals surface area contributed by atoms with E-state index in [4.69, 9.17) is 4.74 Å². The summed E-state index contributed by atoms with van der Waals surface area (Å²) in [4.78, 5) is 25.0. The summed E-state index contributed by atoms with van der Waals surface area (Å²) in [7, 11) is 3.93. The normalized spacial score (nSPS) is 14.3. The molecular formula is C19H26N6O2. The summed E-state index contributed by atoms with van der Waals surface area (Å²) >= 11 is 0. The van der Waals surface area contributed by atoms with Gasteiger partial charge in [-0.3, -0.25) is 4.79 Å². The summed E-state index contributed by atoms with van der Waals surface area (Å²) in [5, 5.41) is 6.10. The van der Waals surface area contributed by atoms with Crippen LogP contribution in [0.2, 0.25) is 0 Å². The number of hydrogen-bond acceptors (Lipinski definition) is 7. The monoisotopic (exact) mass is 370 g/mol. The fourth-order valence-corrected chi connectivity index (χ4v) is 2.78. The van der Waals surface area contributed by atoms with Crippen molar-refractivity contribution in [3.8, 4) is 0 Å². The van der Waals surface area contributed by atoms with Gasteiger partial charge in [-0.1, -0.05) is 12.1 Å². The zero-order valence-corrected chi connectivity index (χ0v) is 15.8. The molecule has 1 aromatic carbocycles. The lowest BCUT2D eigenvalue weighted by Crippen LogP contribution is -2.36. The van der Waals surface area contributed by atoms with E-state index in [1.807, 2.05) is 37.2 Å². The highest BCUT2D eigenvalue weighted by atomic mass is 16.5. The van der Waals surface area contributed by atoms with Crippen molar-refractivity contribution in [1.29, 1.82) is 0 Å². The lowest BCUT2D eigenvalue weighted by atomic mass is 10.2. The molecule has 8 nitrogen and oxygen atoms in total. The van der Waals surface area contributed by atoms with E-state index in [2.05, 4.69) is 31.6 Å². The van der Waals surface area contributed by atoms with Crippen molar-refractivity contribution in [2.45, 2.75) is 0 Å². The largest absolute Gasteiger partial charge is 0.378 e. The molecule has 2 aromatic rings. The van der Waals surface area contributed by atoms with Gasteiger partial charge in [-0.05, 0) is 26.2 Å². The average Bonchev–Trinajstić information content (AvgIpc) is 2.69. The molecular weight excluding hydrogens is 344 g/mol. The zero-order chi connectivity index (χ0) is 19.1. The molecule has 0 atom stereocenters. The van der Waals surface area contributed by atoms with Crippen molar-refractivity contribution in [2.24, 2.45) is 0 Å². The second-order valence-corrected chi connectivity index (χ2v) is 6.60. The number of carbonyl (C=O) groups excluding carboxylic acids is 1. The number of benzene rings is 1. The van der Waals surface area contributed by atoms with Gasteiger partial charge in [0.25, 0.3) is 5.91 Å². The van der Waals surface area contributed by atoms with E-state index >= 15 is 0 Å². The second kappa shape index (κ2) is 9.29. The molecule has 8 heteroatoms. The Balaban J connectivity index is 1.64. The molecule has 0 spiro atoms. The number of carbonyl (C=O) groups is 1. The first-order valence-corrected chi connectivity index (χ1v) is 9.07. The summed E-state index contributed by atoms with van der Waals surface area (Å²) < 4.78 is 5.43. The molecule has 1 amide bonds. The van der Waals surface area contributed by atoms with E-state index in [1.54, 1.807) is 0 Å². The SMILES string of the molecule is CN(C)CCNC(=O)c1cnc(Nc2ccccc2N2CCOCC2)nc1. The molecule has 0 saturated carbocycles. The third-order valence-corrected chi connectivity index (χ3v) is 4.26. The number of amides is 1. The number of morpholine rings is 1. The van der Waals surface area contributed by atoms with Gasteiger partial charge in [0.1, 0.15) is 0 Å². The molecule has 1 aliphatic rings. The van der Waals surface area contributed by atoms with Gasteiger partial charge < -0.3 is 25.2 Å². The molecule has 0 unspecified atom stereocenters. The van der Waals surface area contributed by atoms with Crippen LogP contribution in [0.1, 0.15) is 10.4 Å². The van der Waals surface area contributed by atoms with Crippen LogP contribution >= 0.6 is 0 Å². The van der Waals surface area contributed by atoms with Crippen LogP contribution in [0.5, 0.6) is 0 Å². The number of nitrogens with zero attached hydrogens (tertiary/aromatic N) is 4. The number of aromatic nitrogens is 2. The lowest BCUT2D eigenvalue weighted by molar-refractivity contribution is 0.0950. The molecule has 2 heterocycles. The van der Waals surface area contributed by atoms with Crippen LogP contribution in [-0.4, -0.2) is 74.3 Å². The summed E-state index contributed by atoms with van der Waals surface area (Å²) in [6.45, 7) is 4.52. The van der Waals surface area contributed by atoms with Crippen LogP contribution in [0.25, 0.3) is 0 Å². The Morgan fingerprint density at radius 1 is 1.19 bits per heavy atom. The first kappa shape index (κ1) is 19.1. The highest BCUT2D eigenvalue weighted by molar-refractivity contribution is 5.93. The van der Waals surface area contributed by atoms with Crippen molar-refractivity contribution in [3.63, 3.8) is 0 Å². The van der Waals surface area contributed by atoms with E-state index in [0.717, 1.165) is 44.2 Å². The molecule has 3 rings (SSSR count). The maximum Gasteiger partial charge on any atom is 0.254 e. The van der Waals surface area contributed by atoms with Crippen molar-refractivity contribution < 1.29 is 9.53 Å². The van der Waals surface area contributed by atoms with Gasteiger partial charge in [0.05, 0.1) is 30.2 Å². The predicted octanol–water partition coefficient (Wildman–Crippen LogP) is 1.35. The van der Waals surface area contributed by atoms with Gasteiger partial charge in [-0.15, -0.1) is 0 Å². The van der Waals surface area contributed by atoms with Crippen molar-refractivity contribution in [1.82, 2.24) is 20.2 Å². The Morgan fingerprint density at radius 3 is 2.59 bits per heavy atom. The van der Waals surface area contributed by atoms with Crippen LogP contribution in [0.15, 0.2) is 36.7 Å². The van der Waals surface area contributed by atoms with Crippen molar-refractivity contribution in [2.75, 3.05) is 63.7 Å². The number of nitrogens with one attached hydrogen (secondary N) is 2. The Bertz CT molecular complexity index is 744. The molecule has 1 aromatic heterocycles. The minimum absolute atomic E-state index is 0.169. The van der Waals surface area contributed by atoms with E-state index < -0.39 is 0 Å². The number of likely N-dealkylation sites (N-methyl/N-ethyl adjacent to an activating group) is 1. The number of rotatable bonds is 7. The maximum atomic E-state index is 12.1. The van der Waals surface area contributed by atoms with Crippen LogP contribution in [0.4, 0.5) is 17.3 Å². The summed E-state index contributed by atoms with van der Waals surface area (Å²) in [5.74, 6) is 0.290. The van der Waals surface area contributed by atoms with Crippen LogP contribution in [-0.2, 0) is 4.74 Å². The fraction of sp³-hybridized carbons (Fsp3) is 0.421. The van der Waals surface area contributed by atoms with E-state index in [-0.39, 0.29) is 5.91 Å². The van der Waals surface area contributed by atoms with Crippen molar-refractivity contribution >= 4 is 23.2 Å². The average molecular weight is 370 g/mol. The smallest absolute Gasteiger partial charge is 0.254 e. The van der Waals surface area contributed by atoms with Crippen LogP contribution < -0.4 is 15.5 Å². The highest BCUT2D eigenvalue weighted by Gasteiger charge is 2.15. The Morgan fingerprint density at radius 2 is 1.89 bits per heavy atom. The van der Waals surface area contributed by atoms with Crippen LogP contribution in [0.3, 0.4) is 0 Å². The van der Waals surface area contributed by atoms with E-state index in [0.29, 0.717) is 18.1 Å². The third kappa shape index (κ3) is 5.38. The molecule has 1 saturated heterocycles.